The highest BCUT2D eigenvalue weighted by molar-refractivity contribution is 8.00. The van der Waals surface area contributed by atoms with E-state index in [1.54, 1.807) is 28.6 Å². The van der Waals surface area contributed by atoms with Crippen molar-refractivity contribution in [1.29, 1.82) is 0 Å². The van der Waals surface area contributed by atoms with Crippen LogP contribution in [0.4, 0.5) is 5.69 Å². The Morgan fingerprint density at radius 1 is 1.19 bits per heavy atom. The molecule has 1 aromatic heterocycles. The third-order valence-electron chi connectivity index (χ3n) is 4.43. The molecule has 2 aromatic carbocycles. The molecule has 0 radical (unpaired) electrons. The van der Waals surface area contributed by atoms with Crippen molar-refractivity contribution in [2.45, 2.75) is 30.8 Å². The molecule has 1 heterocycles. The minimum Gasteiger partial charge on any atom is -0.487 e. The number of amides is 1. The lowest BCUT2D eigenvalue weighted by molar-refractivity contribution is -0.113. The topological polar surface area (TPSA) is 51.2 Å². The Balaban J connectivity index is 1.29. The molecule has 0 atom stereocenters. The minimum absolute atomic E-state index is 0.0165. The van der Waals surface area contributed by atoms with Crippen molar-refractivity contribution in [3.8, 4) is 5.75 Å². The van der Waals surface area contributed by atoms with Crippen LogP contribution in [0.25, 0.3) is 0 Å². The number of carbonyl (C=O) groups excluding carboxylic acids is 1. The summed E-state index contributed by atoms with van der Waals surface area (Å²) in [4.78, 5) is 17.7. The van der Waals surface area contributed by atoms with Gasteiger partial charge < -0.3 is 10.1 Å². The fraction of sp³-hybridized carbons (Fsp3) is 0.238. The van der Waals surface area contributed by atoms with Crippen LogP contribution >= 0.6 is 23.1 Å². The monoisotopic (exact) mass is 396 g/mol. The Morgan fingerprint density at radius 3 is 3.00 bits per heavy atom. The molecule has 1 aliphatic carbocycles. The van der Waals surface area contributed by atoms with Gasteiger partial charge in [-0.25, -0.2) is 4.98 Å². The summed E-state index contributed by atoms with van der Waals surface area (Å²) in [5.41, 5.74) is 6.32. The van der Waals surface area contributed by atoms with Crippen molar-refractivity contribution >= 4 is 34.7 Å². The number of ether oxygens (including phenoxy) is 1. The van der Waals surface area contributed by atoms with Crippen molar-refractivity contribution in [2.75, 3.05) is 11.1 Å². The first-order valence-electron chi connectivity index (χ1n) is 8.91. The highest BCUT2D eigenvalue weighted by atomic mass is 32.2. The van der Waals surface area contributed by atoms with Gasteiger partial charge in [0.15, 0.2) is 0 Å². The zero-order valence-electron chi connectivity index (χ0n) is 14.8. The quantitative estimate of drug-likeness (QED) is 0.575. The molecule has 138 valence electrons. The van der Waals surface area contributed by atoms with E-state index in [0.29, 0.717) is 18.1 Å². The number of thioether (sulfide) groups is 1. The Morgan fingerprint density at radius 2 is 2.11 bits per heavy atom. The maximum Gasteiger partial charge on any atom is 0.234 e. The summed E-state index contributed by atoms with van der Waals surface area (Å²) >= 11 is 3.12. The average molecular weight is 397 g/mol. The van der Waals surface area contributed by atoms with Gasteiger partial charge in [-0.2, -0.15) is 0 Å². The standard InChI is InChI=1S/C21H20N2O2S2/c24-21(13-27-20-8-7-15-3-1-4-16(15)9-20)23-17-5-2-6-19(10-17)25-11-18-12-26-14-22-18/h2,5-10,12,14H,1,3-4,11,13H2,(H,23,24). The Hall–Kier alpha value is -2.31. The summed E-state index contributed by atoms with van der Waals surface area (Å²) in [6.07, 6.45) is 3.58. The molecule has 0 unspecified atom stereocenters. The molecule has 6 heteroatoms. The number of rotatable bonds is 7. The zero-order valence-corrected chi connectivity index (χ0v) is 16.4. The van der Waals surface area contributed by atoms with Gasteiger partial charge in [-0.05, 0) is 54.7 Å². The zero-order chi connectivity index (χ0) is 18.5. The Labute approximate surface area is 167 Å². The maximum absolute atomic E-state index is 12.3. The van der Waals surface area contributed by atoms with Crippen LogP contribution in [0.1, 0.15) is 23.2 Å². The van der Waals surface area contributed by atoms with E-state index in [9.17, 15) is 4.79 Å². The molecular weight excluding hydrogens is 376 g/mol. The largest absolute Gasteiger partial charge is 0.487 e. The summed E-state index contributed by atoms with van der Waals surface area (Å²) in [6, 6.07) is 14.0. The molecule has 4 nitrogen and oxygen atoms in total. The summed E-state index contributed by atoms with van der Waals surface area (Å²) in [5.74, 6) is 1.09. The number of anilines is 1. The van der Waals surface area contributed by atoms with Crippen molar-refractivity contribution < 1.29 is 9.53 Å². The van der Waals surface area contributed by atoms with Gasteiger partial charge in [0.25, 0.3) is 0 Å². The molecule has 3 aromatic rings. The highest BCUT2D eigenvalue weighted by Crippen LogP contribution is 2.27. The van der Waals surface area contributed by atoms with Crippen LogP contribution in [-0.4, -0.2) is 16.6 Å². The fourth-order valence-corrected chi connectivity index (χ4v) is 4.42. The summed E-state index contributed by atoms with van der Waals surface area (Å²) in [5, 5.41) is 4.90. The van der Waals surface area contributed by atoms with E-state index in [1.807, 2.05) is 29.6 Å². The fourth-order valence-electron chi connectivity index (χ4n) is 3.11. The van der Waals surface area contributed by atoms with Crippen LogP contribution in [-0.2, 0) is 24.2 Å². The van der Waals surface area contributed by atoms with Crippen LogP contribution in [0, 0.1) is 0 Å². The Kier molecular flexibility index (Phi) is 5.75. The summed E-state index contributed by atoms with van der Waals surface area (Å²) < 4.78 is 5.73. The van der Waals surface area contributed by atoms with Gasteiger partial charge >= 0.3 is 0 Å². The molecular formula is C21H20N2O2S2. The smallest absolute Gasteiger partial charge is 0.234 e. The highest BCUT2D eigenvalue weighted by Gasteiger charge is 2.12. The van der Waals surface area contributed by atoms with Crippen LogP contribution in [0.2, 0.25) is 0 Å². The van der Waals surface area contributed by atoms with E-state index in [4.69, 9.17) is 4.74 Å². The predicted octanol–water partition coefficient (Wildman–Crippen LogP) is 4.94. The second-order valence-electron chi connectivity index (χ2n) is 6.42. The van der Waals surface area contributed by atoms with Gasteiger partial charge in [0.05, 0.1) is 17.0 Å². The molecule has 0 saturated heterocycles. The maximum atomic E-state index is 12.3. The first-order valence-corrected chi connectivity index (χ1v) is 10.8. The lowest BCUT2D eigenvalue weighted by atomic mass is 10.1. The number of hydrogen-bond acceptors (Lipinski definition) is 5. The number of hydrogen-bond donors (Lipinski definition) is 1. The normalized spacial score (nSPS) is 12.6. The molecule has 0 aliphatic heterocycles. The van der Waals surface area contributed by atoms with Crippen LogP contribution < -0.4 is 10.1 Å². The average Bonchev–Trinajstić information content (AvgIpc) is 3.36. The van der Waals surface area contributed by atoms with Crippen molar-refractivity contribution in [2.24, 2.45) is 0 Å². The van der Waals surface area contributed by atoms with Crippen molar-refractivity contribution in [3.05, 3.63) is 70.2 Å². The third kappa shape index (κ3) is 4.90. The second-order valence-corrected chi connectivity index (χ2v) is 8.18. The van der Waals surface area contributed by atoms with E-state index < -0.39 is 0 Å². The number of thiazole rings is 1. The first-order chi connectivity index (χ1) is 13.3. The van der Waals surface area contributed by atoms with E-state index in [1.165, 1.54) is 24.0 Å². The number of benzene rings is 2. The molecule has 1 aliphatic rings. The number of nitrogens with zero attached hydrogens (tertiary/aromatic N) is 1. The summed E-state index contributed by atoms with van der Waals surface area (Å²) in [6.45, 7) is 0.426. The van der Waals surface area contributed by atoms with E-state index in [-0.39, 0.29) is 5.91 Å². The van der Waals surface area contributed by atoms with Gasteiger partial charge in [-0.3, -0.25) is 4.79 Å². The molecule has 0 spiro atoms. The van der Waals surface area contributed by atoms with Gasteiger partial charge in [0.1, 0.15) is 12.4 Å². The molecule has 0 saturated carbocycles. The van der Waals surface area contributed by atoms with Crippen molar-refractivity contribution in [3.63, 3.8) is 0 Å². The van der Waals surface area contributed by atoms with E-state index in [2.05, 4.69) is 28.5 Å². The molecule has 0 fully saturated rings. The number of aromatic nitrogens is 1. The summed E-state index contributed by atoms with van der Waals surface area (Å²) in [7, 11) is 0. The van der Waals surface area contributed by atoms with Gasteiger partial charge in [0, 0.05) is 22.0 Å². The molecule has 1 amide bonds. The second kappa shape index (κ2) is 8.59. The first kappa shape index (κ1) is 18.1. The lowest BCUT2D eigenvalue weighted by Gasteiger charge is -2.09. The van der Waals surface area contributed by atoms with Crippen molar-refractivity contribution in [1.82, 2.24) is 4.98 Å². The van der Waals surface area contributed by atoms with E-state index in [0.717, 1.165) is 22.7 Å². The van der Waals surface area contributed by atoms with E-state index >= 15 is 0 Å². The number of aryl methyl sites for hydroxylation is 2. The number of fused-ring (bicyclic) bond motifs is 1. The van der Waals surface area contributed by atoms with Gasteiger partial charge in [-0.1, -0.05) is 12.1 Å². The minimum atomic E-state index is -0.0165. The Bertz CT molecular complexity index is 926. The van der Waals surface area contributed by atoms with Crippen LogP contribution in [0.15, 0.2) is 58.3 Å². The van der Waals surface area contributed by atoms with Crippen LogP contribution in [0.3, 0.4) is 0 Å². The predicted molar refractivity (Wildman–Crippen MR) is 111 cm³/mol. The third-order valence-corrected chi connectivity index (χ3v) is 6.06. The molecule has 27 heavy (non-hydrogen) atoms. The molecule has 0 bridgehead atoms. The molecule has 1 N–H and O–H groups in total. The number of nitrogens with one attached hydrogen (secondary N) is 1. The number of carbonyl (C=O) groups is 1. The van der Waals surface area contributed by atoms with Gasteiger partial charge in [0.2, 0.25) is 5.91 Å². The SMILES string of the molecule is O=C(CSc1ccc2c(c1)CCC2)Nc1cccc(OCc2cscn2)c1. The van der Waals surface area contributed by atoms with Crippen LogP contribution in [0.5, 0.6) is 5.75 Å². The van der Waals surface area contributed by atoms with Gasteiger partial charge in [-0.15, -0.1) is 23.1 Å². The molecule has 4 rings (SSSR count). The lowest BCUT2D eigenvalue weighted by Crippen LogP contribution is -2.14.